The molecular formula is C10H12N2O2S. The van der Waals surface area contributed by atoms with Crippen LogP contribution in [0.1, 0.15) is 18.7 Å². The molecule has 15 heavy (non-hydrogen) atoms. The van der Waals surface area contributed by atoms with Gasteiger partial charge in [-0.25, -0.2) is 9.78 Å². The Morgan fingerprint density at radius 3 is 3.20 bits per heavy atom. The lowest BCUT2D eigenvalue weighted by molar-refractivity contribution is -0.145. The monoisotopic (exact) mass is 224 g/mol. The molecule has 1 unspecified atom stereocenters. The minimum absolute atomic E-state index is 0.307. The van der Waals surface area contributed by atoms with Gasteiger partial charge in [-0.05, 0) is 6.92 Å². The summed E-state index contributed by atoms with van der Waals surface area (Å²) in [5.74, 6) is 2.07. The third kappa shape index (κ3) is 3.35. The van der Waals surface area contributed by atoms with Crippen LogP contribution in [0, 0.1) is 12.3 Å². The van der Waals surface area contributed by atoms with E-state index in [-0.39, 0.29) is 5.97 Å². The van der Waals surface area contributed by atoms with Crippen LogP contribution in [-0.2, 0) is 9.53 Å². The molecule has 0 amide bonds. The smallest absolute Gasteiger partial charge is 0.329 e. The molecule has 0 radical (unpaired) electrons. The normalized spacial score (nSPS) is 11.7. The van der Waals surface area contributed by atoms with Crippen molar-refractivity contribution in [1.29, 1.82) is 0 Å². The number of hydrogen-bond acceptors (Lipinski definition) is 5. The Morgan fingerprint density at radius 2 is 2.67 bits per heavy atom. The molecule has 80 valence electrons. The lowest BCUT2D eigenvalue weighted by atomic mass is 10.2. The number of terminal acetylenes is 1. The Morgan fingerprint density at radius 1 is 1.87 bits per heavy atom. The Bertz CT molecular complexity index is 343. The van der Waals surface area contributed by atoms with Crippen LogP contribution in [0.25, 0.3) is 0 Å². The van der Waals surface area contributed by atoms with Crippen LogP contribution >= 0.6 is 11.3 Å². The molecule has 0 aliphatic heterocycles. The highest BCUT2D eigenvalue weighted by Crippen LogP contribution is 2.14. The molecule has 0 aliphatic carbocycles. The molecular weight excluding hydrogens is 212 g/mol. The Kier molecular flexibility index (Phi) is 4.81. The number of aromatic nitrogens is 1. The molecule has 4 nitrogen and oxygen atoms in total. The Balaban J connectivity index is 2.70. The first-order valence-corrected chi connectivity index (χ1v) is 5.45. The SMILES string of the molecule is C#CCNC(C(=O)OCC)c1cscn1. The number of hydrogen-bond donors (Lipinski definition) is 1. The van der Waals surface area contributed by atoms with Crippen LogP contribution < -0.4 is 5.32 Å². The zero-order valence-corrected chi connectivity index (χ0v) is 9.21. The number of thiazole rings is 1. The molecule has 0 saturated heterocycles. The van der Waals surface area contributed by atoms with Crippen molar-refractivity contribution in [3.05, 3.63) is 16.6 Å². The molecule has 0 saturated carbocycles. The van der Waals surface area contributed by atoms with Crippen molar-refractivity contribution < 1.29 is 9.53 Å². The lowest BCUT2D eigenvalue weighted by Crippen LogP contribution is -2.30. The molecule has 0 aliphatic rings. The van der Waals surface area contributed by atoms with Gasteiger partial charge in [0, 0.05) is 5.38 Å². The van der Waals surface area contributed by atoms with Gasteiger partial charge in [0.2, 0.25) is 0 Å². The van der Waals surface area contributed by atoms with E-state index in [1.165, 1.54) is 11.3 Å². The van der Waals surface area contributed by atoms with E-state index in [4.69, 9.17) is 11.2 Å². The molecule has 5 heteroatoms. The quantitative estimate of drug-likeness (QED) is 0.598. The highest BCUT2D eigenvalue weighted by Gasteiger charge is 2.22. The molecule has 0 fully saturated rings. The first-order chi connectivity index (χ1) is 7.29. The molecule has 1 N–H and O–H groups in total. The first-order valence-electron chi connectivity index (χ1n) is 4.51. The number of carbonyl (C=O) groups excluding carboxylic acids is 1. The zero-order chi connectivity index (χ0) is 11.1. The fourth-order valence-corrected chi connectivity index (χ4v) is 1.64. The summed E-state index contributed by atoms with van der Waals surface area (Å²) in [6, 6.07) is -0.563. The van der Waals surface area contributed by atoms with Crippen molar-refractivity contribution >= 4 is 17.3 Å². The molecule has 0 bridgehead atoms. The van der Waals surface area contributed by atoms with Gasteiger partial charge >= 0.3 is 5.97 Å². The first kappa shape index (κ1) is 11.7. The Hall–Kier alpha value is -1.38. The van der Waals surface area contributed by atoms with Gasteiger partial charge in [0.1, 0.15) is 0 Å². The largest absolute Gasteiger partial charge is 0.465 e. The summed E-state index contributed by atoms with van der Waals surface area (Å²) in [6.45, 7) is 2.41. The highest BCUT2D eigenvalue weighted by molar-refractivity contribution is 7.07. The number of rotatable bonds is 5. The highest BCUT2D eigenvalue weighted by atomic mass is 32.1. The van der Waals surface area contributed by atoms with Gasteiger partial charge in [-0.3, -0.25) is 5.32 Å². The van der Waals surface area contributed by atoms with E-state index in [2.05, 4.69) is 16.2 Å². The third-order valence-electron chi connectivity index (χ3n) is 1.68. The predicted molar refractivity (Wildman–Crippen MR) is 58.3 cm³/mol. The Labute approximate surface area is 92.7 Å². The van der Waals surface area contributed by atoms with E-state index >= 15 is 0 Å². The van der Waals surface area contributed by atoms with Crippen molar-refractivity contribution in [3.8, 4) is 12.3 Å². The van der Waals surface area contributed by atoms with Gasteiger partial charge in [-0.15, -0.1) is 17.8 Å². The third-order valence-corrected chi connectivity index (χ3v) is 2.28. The van der Waals surface area contributed by atoms with Gasteiger partial charge in [0.05, 0.1) is 24.4 Å². The van der Waals surface area contributed by atoms with Crippen LogP contribution in [0.5, 0.6) is 0 Å². The molecule has 0 aromatic carbocycles. The molecule has 1 aromatic heterocycles. The van der Waals surface area contributed by atoms with E-state index in [1.54, 1.807) is 17.8 Å². The second kappa shape index (κ2) is 6.17. The van der Waals surface area contributed by atoms with Crippen molar-refractivity contribution in [2.45, 2.75) is 13.0 Å². The van der Waals surface area contributed by atoms with Gasteiger partial charge in [0.25, 0.3) is 0 Å². The number of nitrogens with one attached hydrogen (secondary N) is 1. The second-order valence-electron chi connectivity index (χ2n) is 2.68. The summed E-state index contributed by atoms with van der Waals surface area (Å²) in [7, 11) is 0. The van der Waals surface area contributed by atoms with Crippen LogP contribution in [0.4, 0.5) is 0 Å². The topological polar surface area (TPSA) is 51.2 Å². The summed E-state index contributed by atoms with van der Waals surface area (Å²) in [5, 5.41) is 4.69. The fourth-order valence-electron chi connectivity index (χ4n) is 1.06. The summed E-state index contributed by atoms with van der Waals surface area (Å²) in [6.07, 6.45) is 5.12. The predicted octanol–water partition coefficient (Wildman–Crippen LogP) is 0.970. The van der Waals surface area contributed by atoms with Gasteiger partial charge in [-0.2, -0.15) is 0 Å². The van der Waals surface area contributed by atoms with Crippen LogP contribution in [0.15, 0.2) is 10.9 Å². The molecule has 0 spiro atoms. The van der Waals surface area contributed by atoms with Gasteiger partial charge in [-0.1, -0.05) is 5.92 Å². The maximum Gasteiger partial charge on any atom is 0.329 e. The average molecular weight is 224 g/mol. The van der Waals surface area contributed by atoms with E-state index in [1.807, 2.05) is 0 Å². The van der Waals surface area contributed by atoms with Crippen LogP contribution in [0.2, 0.25) is 0 Å². The maximum absolute atomic E-state index is 11.6. The molecule has 1 heterocycles. The van der Waals surface area contributed by atoms with E-state index < -0.39 is 6.04 Å². The maximum atomic E-state index is 11.6. The van der Waals surface area contributed by atoms with Crippen molar-refractivity contribution in [2.24, 2.45) is 0 Å². The summed E-state index contributed by atoms with van der Waals surface area (Å²) < 4.78 is 4.92. The van der Waals surface area contributed by atoms with E-state index in [9.17, 15) is 4.79 Å². The van der Waals surface area contributed by atoms with Crippen molar-refractivity contribution in [3.63, 3.8) is 0 Å². The fraction of sp³-hybridized carbons (Fsp3) is 0.400. The van der Waals surface area contributed by atoms with Gasteiger partial charge < -0.3 is 4.74 Å². The van der Waals surface area contributed by atoms with E-state index in [0.717, 1.165) is 0 Å². The summed E-state index contributed by atoms with van der Waals surface area (Å²) in [4.78, 5) is 15.6. The van der Waals surface area contributed by atoms with Crippen LogP contribution in [0.3, 0.4) is 0 Å². The molecule has 1 rings (SSSR count). The minimum Gasteiger partial charge on any atom is -0.465 e. The van der Waals surface area contributed by atoms with Crippen molar-refractivity contribution in [1.82, 2.24) is 10.3 Å². The van der Waals surface area contributed by atoms with Gasteiger partial charge in [0.15, 0.2) is 6.04 Å². The minimum atomic E-state index is -0.563. The number of nitrogens with zero attached hydrogens (tertiary/aromatic N) is 1. The number of esters is 1. The number of carbonyl (C=O) groups is 1. The number of ether oxygens (including phenoxy) is 1. The zero-order valence-electron chi connectivity index (χ0n) is 8.40. The average Bonchev–Trinajstić information content (AvgIpc) is 2.72. The second-order valence-corrected chi connectivity index (χ2v) is 3.40. The van der Waals surface area contributed by atoms with Crippen molar-refractivity contribution in [2.75, 3.05) is 13.2 Å². The summed E-state index contributed by atoms with van der Waals surface area (Å²) in [5.41, 5.74) is 2.31. The standard InChI is InChI=1S/C10H12N2O2S/c1-3-5-11-9(10(13)14-4-2)8-6-15-7-12-8/h1,6-7,9,11H,4-5H2,2H3. The molecule has 1 aromatic rings. The summed E-state index contributed by atoms with van der Waals surface area (Å²) >= 11 is 1.43. The molecule has 1 atom stereocenters. The lowest BCUT2D eigenvalue weighted by Gasteiger charge is -2.13. The van der Waals surface area contributed by atoms with Crippen LogP contribution in [-0.4, -0.2) is 24.1 Å². The van der Waals surface area contributed by atoms with E-state index in [0.29, 0.717) is 18.8 Å².